The van der Waals surface area contributed by atoms with E-state index < -0.39 is 0 Å². The first kappa shape index (κ1) is 20.8. The van der Waals surface area contributed by atoms with Crippen LogP contribution in [0.5, 0.6) is 0 Å². The molecule has 2 heterocycles. The van der Waals surface area contributed by atoms with Crippen molar-refractivity contribution >= 4 is 17.3 Å². The molecule has 1 fully saturated rings. The summed E-state index contributed by atoms with van der Waals surface area (Å²) in [5, 5.41) is 9.01. The zero-order chi connectivity index (χ0) is 19.8. The molecule has 0 amide bonds. The third-order valence-corrected chi connectivity index (χ3v) is 6.34. The average Bonchev–Trinajstić information content (AvgIpc) is 3.26. The molecule has 1 aliphatic rings. The van der Waals surface area contributed by atoms with Gasteiger partial charge in [-0.3, -0.25) is 9.89 Å². The molecule has 2 aromatic rings. The van der Waals surface area contributed by atoms with Gasteiger partial charge in [0, 0.05) is 50.1 Å². The Labute approximate surface area is 172 Å². The number of rotatable bonds is 7. The molecular weight excluding hydrogens is 368 g/mol. The molecule has 0 unspecified atom stereocenters. The molecule has 0 aliphatic carbocycles. The number of benzene rings is 1. The number of ether oxygens (including phenoxy) is 1. The summed E-state index contributed by atoms with van der Waals surface area (Å²) in [6.45, 7) is 10.8. The van der Waals surface area contributed by atoms with Gasteiger partial charge in [0.1, 0.15) is 0 Å². The molecule has 0 radical (unpaired) electrons. The number of nitrogens with zero attached hydrogens (tertiary/aromatic N) is 2. The molecule has 28 heavy (non-hydrogen) atoms. The van der Waals surface area contributed by atoms with Crippen molar-refractivity contribution in [1.29, 1.82) is 0 Å². The normalized spacial score (nSPS) is 16.2. The maximum absolute atomic E-state index is 5.42. The van der Waals surface area contributed by atoms with E-state index in [4.69, 9.17) is 4.74 Å². The average molecular weight is 401 g/mol. The first-order valence-corrected chi connectivity index (χ1v) is 10.8. The van der Waals surface area contributed by atoms with E-state index in [0.717, 1.165) is 51.9 Å². The Bertz CT molecular complexity index is 734. The van der Waals surface area contributed by atoms with Crippen molar-refractivity contribution in [1.82, 2.24) is 15.5 Å². The van der Waals surface area contributed by atoms with Crippen molar-refractivity contribution in [3.8, 4) is 0 Å². The third kappa shape index (κ3) is 6.06. The van der Waals surface area contributed by atoms with E-state index in [9.17, 15) is 0 Å². The summed E-state index contributed by atoms with van der Waals surface area (Å²) in [4.78, 5) is 8.18. The minimum atomic E-state index is 0.0763. The van der Waals surface area contributed by atoms with Crippen LogP contribution in [0.3, 0.4) is 0 Å². The van der Waals surface area contributed by atoms with Crippen LogP contribution in [-0.2, 0) is 23.2 Å². The fourth-order valence-corrected chi connectivity index (χ4v) is 4.09. The van der Waals surface area contributed by atoms with Crippen LogP contribution in [0, 0.1) is 0 Å². The molecule has 152 valence electrons. The van der Waals surface area contributed by atoms with Crippen molar-refractivity contribution in [3.05, 3.63) is 57.8 Å². The highest BCUT2D eigenvalue weighted by Gasteiger charge is 2.21. The Hall–Kier alpha value is -1.89. The predicted molar refractivity (Wildman–Crippen MR) is 118 cm³/mol. The fourth-order valence-electron chi connectivity index (χ4n) is 3.24. The van der Waals surface area contributed by atoms with Crippen LogP contribution in [0.2, 0.25) is 0 Å². The molecular formula is C22H32N4OS. The number of guanidine groups is 1. The van der Waals surface area contributed by atoms with E-state index in [0.29, 0.717) is 0 Å². The standard InChI is InChI=1S/C22H32N4OS/c1-22(2,20-5-4-14-28-20)17-25-21(23-3)24-15-18-6-8-19(9-7-18)16-26-10-12-27-13-11-26/h4-9,14H,10-13,15-17H2,1-3H3,(H2,23,24,25). The Morgan fingerprint density at radius 1 is 1.11 bits per heavy atom. The lowest BCUT2D eigenvalue weighted by atomic mass is 9.91. The van der Waals surface area contributed by atoms with Crippen LogP contribution >= 0.6 is 11.3 Å². The van der Waals surface area contributed by atoms with Crippen molar-refractivity contribution in [3.63, 3.8) is 0 Å². The highest BCUT2D eigenvalue weighted by atomic mass is 32.1. The zero-order valence-corrected chi connectivity index (χ0v) is 18.0. The van der Waals surface area contributed by atoms with Gasteiger partial charge in [-0.1, -0.05) is 44.2 Å². The highest BCUT2D eigenvalue weighted by molar-refractivity contribution is 7.10. The predicted octanol–water partition coefficient (Wildman–Crippen LogP) is 3.22. The number of hydrogen-bond acceptors (Lipinski definition) is 4. The molecule has 3 rings (SSSR count). The number of aliphatic imine (C=N–C) groups is 1. The SMILES string of the molecule is CN=C(NCc1ccc(CN2CCOCC2)cc1)NCC(C)(C)c1cccs1. The van der Waals surface area contributed by atoms with Crippen molar-refractivity contribution in [2.45, 2.75) is 32.4 Å². The molecule has 2 N–H and O–H groups in total. The molecule has 6 heteroatoms. The van der Waals surface area contributed by atoms with Crippen LogP contribution in [0.4, 0.5) is 0 Å². The molecule has 5 nitrogen and oxygen atoms in total. The summed E-state index contributed by atoms with van der Waals surface area (Å²) in [7, 11) is 1.82. The lowest BCUT2D eigenvalue weighted by Gasteiger charge is -2.26. The van der Waals surface area contributed by atoms with E-state index in [2.05, 4.69) is 76.2 Å². The number of morpholine rings is 1. The van der Waals surface area contributed by atoms with Gasteiger partial charge in [-0.25, -0.2) is 0 Å². The van der Waals surface area contributed by atoms with Gasteiger partial charge in [0.15, 0.2) is 5.96 Å². The largest absolute Gasteiger partial charge is 0.379 e. The van der Waals surface area contributed by atoms with Crippen LogP contribution in [0.25, 0.3) is 0 Å². The first-order valence-electron chi connectivity index (χ1n) is 9.93. The van der Waals surface area contributed by atoms with Gasteiger partial charge in [0.2, 0.25) is 0 Å². The third-order valence-electron chi connectivity index (χ3n) is 5.10. The smallest absolute Gasteiger partial charge is 0.191 e. The van der Waals surface area contributed by atoms with E-state index in [-0.39, 0.29) is 5.41 Å². The second kappa shape index (κ2) is 10.0. The van der Waals surface area contributed by atoms with Crippen molar-refractivity contribution < 1.29 is 4.74 Å². The van der Waals surface area contributed by atoms with Gasteiger partial charge in [0.05, 0.1) is 13.2 Å². The summed E-state index contributed by atoms with van der Waals surface area (Å²) < 4.78 is 5.42. The van der Waals surface area contributed by atoms with E-state index >= 15 is 0 Å². The van der Waals surface area contributed by atoms with Gasteiger partial charge in [-0.15, -0.1) is 11.3 Å². The van der Waals surface area contributed by atoms with Crippen molar-refractivity contribution in [2.75, 3.05) is 39.9 Å². The first-order chi connectivity index (χ1) is 13.6. The van der Waals surface area contributed by atoms with E-state index in [1.54, 1.807) is 11.3 Å². The minimum Gasteiger partial charge on any atom is -0.379 e. The van der Waals surface area contributed by atoms with Gasteiger partial charge in [-0.2, -0.15) is 0 Å². The van der Waals surface area contributed by atoms with Gasteiger partial charge in [-0.05, 0) is 22.6 Å². The highest BCUT2D eigenvalue weighted by Crippen LogP contribution is 2.26. The van der Waals surface area contributed by atoms with E-state index in [1.807, 2.05) is 7.05 Å². The zero-order valence-electron chi connectivity index (χ0n) is 17.2. The van der Waals surface area contributed by atoms with Gasteiger partial charge >= 0.3 is 0 Å². The quantitative estimate of drug-likeness (QED) is 0.553. The molecule has 0 bridgehead atoms. The van der Waals surface area contributed by atoms with Crippen LogP contribution < -0.4 is 10.6 Å². The summed E-state index contributed by atoms with van der Waals surface area (Å²) in [5.74, 6) is 0.835. The van der Waals surface area contributed by atoms with Crippen LogP contribution in [0.1, 0.15) is 29.9 Å². The number of nitrogens with one attached hydrogen (secondary N) is 2. The van der Waals surface area contributed by atoms with Gasteiger partial charge in [0.25, 0.3) is 0 Å². The molecule has 0 saturated carbocycles. The Kier molecular flexibility index (Phi) is 7.48. The number of thiophene rings is 1. The Morgan fingerprint density at radius 2 is 1.82 bits per heavy atom. The summed E-state index contributed by atoms with van der Waals surface area (Å²) in [6, 6.07) is 13.2. The van der Waals surface area contributed by atoms with Gasteiger partial charge < -0.3 is 15.4 Å². The summed E-state index contributed by atoms with van der Waals surface area (Å²) >= 11 is 1.80. The Morgan fingerprint density at radius 3 is 2.46 bits per heavy atom. The molecule has 1 aliphatic heterocycles. The van der Waals surface area contributed by atoms with Crippen LogP contribution in [0.15, 0.2) is 46.8 Å². The molecule has 1 aromatic carbocycles. The lowest BCUT2D eigenvalue weighted by molar-refractivity contribution is 0.0342. The second-order valence-electron chi connectivity index (χ2n) is 7.85. The molecule has 1 saturated heterocycles. The second-order valence-corrected chi connectivity index (χ2v) is 8.79. The maximum Gasteiger partial charge on any atom is 0.191 e. The number of hydrogen-bond donors (Lipinski definition) is 2. The minimum absolute atomic E-state index is 0.0763. The fraction of sp³-hybridized carbons (Fsp3) is 0.500. The topological polar surface area (TPSA) is 48.9 Å². The maximum atomic E-state index is 5.42. The summed E-state index contributed by atoms with van der Waals surface area (Å²) in [5.41, 5.74) is 2.68. The summed E-state index contributed by atoms with van der Waals surface area (Å²) in [6.07, 6.45) is 0. The lowest BCUT2D eigenvalue weighted by Crippen LogP contribution is -2.42. The van der Waals surface area contributed by atoms with Crippen molar-refractivity contribution in [2.24, 2.45) is 4.99 Å². The molecule has 1 aromatic heterocycles. The molecule has 0 spiro atoms. The monoisotopic (exact) mass is 400 g/mol. The van der Waals surface area contributed by atoms with Crippen LogP contribution in [-0.4, -0.2) is 50.8 Å². The van der Waals surface area contributed by atoms with E-state index in [1.165, 1.54) is 16.0 Å². The molecule has 0 atom stereocenters. The Balaban J connectivity index is 1.45.